The zero-order chi connectivity index (χ0) is 34.2. The van der Waals surface area contributed by atoms with Gasteiger partial charge in [0.1, 0.15) is 6.07 Å². The van der Waals surface area contributed by atoms with E-state index in [1.54, 1.807) is 0 Å². The predicted molar refractivity (Wildman–Crippen MR) is 211 cm³/mol. The van der Waals surface area contributed by atoms with E-state index in [0.717, 1.165) is 52.1 Å². The van der Waals surface area contributed by atoms with Crippen LogP contribution in [0.2, 0.25) is 0 Å². The van der Waals surface area contributed by atoms with Crippen LogP contribution in [-0.2, 0) is 6.42 Å². The van der Waals surface area contributed by atoms with Crippen molar-refractivity contribution in [3.63, 3.8) is 0 Å². The van der Waals surface area contributed by atoms with Crippen molar-refractivity contribution in [1.29, 1.82) is 5.26 Å². The van der Waals surface area contributed by atoms with E-state index < -0.39 is 0 Å². The Morgan fingerprint density at radius 1 is 0.569 bits per heavy atom. The minimum Gasteiger partial charge on any atom is -0.313 e. The molecular formula is C47H34N4. The maximum Gasteiger partial charge on any atom is 0.101 e. The van der Waals surface area contributed by atoms with Crippen molar-refractivity contribution in [3.05, 3.63) is 168 Å². The molecule has 0 N–H and O–H groups in total. The van der Waals surface area contributed by atoms with Gasteiger partial charge in [0, 0.05) is 49.9 Å². The van der Waals surface area contributed by atoms with Crippen molar-refractivity contribution < 1.29 is 0 Å². The van der Waals surface area contributed by atoms with Gasteiger partial charge in [-0.25, -0.2) is 0 Å². The van der Waals surface area contributed by atoms with Gasteiger partial charge < -0.3 is 13.7 Å². The Hall–Kier alpha value is -6.57. The fourth-order valence-electron chi connectivity index (χ4n) is 8.67. The third-order valence-corrected chi connectivity index (χ3v) is 10.9. The molecule has 4 heteroatoms. The van der Waals surface area contributed by atoms with Crippen LogP contribution in [0, 0.1) is 25.2 Å². The van der Waals surface area contributed by atoms with Crippen molar-refractivity contribution in [2.45, 2.75) is 26.7 Å². The number of benzene rings is 6. The fraction of sp³-hybridized carbons (Fsp3) is 0.0851. The lowest BCUT2D eigenvalue weighted by atomic mass is 9.97. The number of para-hydroxylation sites is 3. The number of allylic oxidation sites excluding steroid dienone is 1. The Labute approximate surface area is 296 Å². The average molecular weight is 655 g/mol. The first kappa shape index (κ1) is 29.4. The first-order chi connectivity index (χ1) is 25.1. The summed E-state index contributed by atoms with van der Waals surface area (Å²) in [4.78, 5) is 0. The maximum atomic E-state index is 10.7. The smallest absolute Gasteiger partial charge is 0.101 e. The molecule has 6 aromatic carbocycles. The largest absolute Gasteiger partial charge is 0.313 e. The van der Waals surface area contributed by atoms with Crippen LogP contribution >= 0.6 is 0 Å². The highest BCUT2D eigenvalue weighted by Gasteiger charge is 2.23. The van der Waals surface area contributed by atoms with Gasteiger partial charge in [-0.1, -0.05) is 84.9 Å². The summed E-state index contributed by atoms with van der Waals surface area (Å²) in [6, 6.07) is 50.1. The van der Waals surface area contributed by atoms with Crippen molar-refractivity contribution >= 4 is 49.7 Å². The zero-order valence-corrected chi connectivity index (χ0v) is 28.6. The topological polar surface area (TPSA) is 38.6 Å². The van der Waals surface area contributed by atoms with Gasteiger partial charge in [-0.05, 0) is 104 Å². The Bertz CT molecular complexity index is 2900. The van der Waals surface area contributed by atoms with E-state index in [0.29, 0.717) is 5.56 Å². The molecule has 0 bridgehead atoms. The van der Waals surface area contributed by atoms with Gasteiger partial charge in [-0.15, -0.1) is 0 Å². The Morgan fingerprint density at radius 2 is 1.18 bits per heavy atom. The molecule has 0 fully saturated rings. The first-order valence-electron chi connectivity index (χ1n) is 17.7. The molecule has 0 unspecified atom stereocenters. The van der Waals surface area contributed by atoms with Crippen LogP contribution in [0.1, 0.15) is 34.5 Å². The third kappa shape index (κ3) is 4.25. The predicted octanol–water partition coefficient (Wildman–Crippen LogP) is 11.8. The monoisotopic (exact) mass is 654 g/mol. The number of hydrogen-bond acceptors (Lipinski definition) is 1. The standard InChI is InChI=1S/C47H34N4/c1-30-13-3-4-14-35(30)47-31(2)49(46-26-24-34(28-40(46)47)50-42-19-9-5-15-36(42)37-16-6-10-20-43(37)50)33-23-25-41(32(27-33)29-48)51-44-21-11-7-17-38(44)39-18-8-12-22-45(39)51/h3-5,7-15,17-28H,6,16H2,1-2H3. The Kier molecular flexibility index (Phi) is 6.47. The number of nitriles is 1. The summed E-state index contributed by atoms with van der Waals surface area (Å²) in [5.74, 6) is 0. The van der Waals surface area contributed by atoms with E-state index in [4.69, 9.17) is 0 Å². The van der Waals surface area contributed by atoms with Crippen LogP contribution in [0.15, 0.2) is 140 Å². The van der Waals surface area contributed by atoms with Crippen LogP contribution in [0.4, 0.5) is 0 Å². The molecule has 0 radical (unpaired) electrons. The molecule has 3 heterocycles. The van der Waals surface area contributed by atoms with Crippen LogP contribution < -0.4 is 0 Å². The highest BCUT2D eigenvalue weighted by molar-refractivity contribution is 6.09. The normalized spacial score (nSPS) is 12.6. The van der Waals surface area contributed by atoms with E-state index in [9.17, 15) is 5.26 Å². The van der Waals surface area contributed by atoms with Crippen molar-refractivity contribution in [3.8, 4) is 34.3 Å². The summed E-state index contributed by atoms with van der Waals surface area (Å²) >= 11 is 0. The van der Waals surface area contributed by atoms with Gasteiger partial charge >= 0.3 is 0 Å². The van der Waals surface area contributed by atoms with Crippen LogP contribution in [0.5, 0.6) is 0 Å². The SMILES string of the molecule is Cc1ccccc1-c1c(C)n(-c2ccc(-n3c4ccccc4c4ccccc43)c(C#N)c2)c2ccc(-n3c4c(c5ccccc53)CCC=C4)cc12. The van der Waals surface area contributed by atoms with Gasteiger partial charge in [-0.3, -0.25) is 0 Å². The van der Waals surface area contributed by atoms with E-state index >= 15 is 0 Å². The lowest BCUT2D eigenvalue weighted by Crippen LogP contribution is -2.02. The maximum absolute atomic E-state index is 10.7. The molecule has 0 saturated heterocycles. The highest BCUT2D eigenvalue weighted by atomic mass is 15.0. The highest BCUT2D eigenvalue weighted by Crippen LogP contribution is 2.42. The van der Waals surface area contributed by atoms with Crippen LogP contribution in [-0.4, -0.2) is 13.7 Å². The van der Waals surface area contributed by atoms with Gasteiger partial charge in [0.05, 0.1) is 33.3 Å². The van der Waals surface area contributed by atoms with Gasteiger partial charge in [0.15, 0.2) is 0 Å². The van der Waals surface area contributed by atoms with E-state index in [-0.39, 0.29) is 0 Å². The van der Waals surface area contributed by atoms with Gasteiger partial charge in [-0.2, -0.15) is 5.26 Å². The third-order valence-electron chi connectivity index (χ3n) is 10.9. The molecule has 242 valence electrons. The minimum absolute atomic E-state index is 0.631. The molecule has 0 spiro atoms. The summed E-state index contributed by atoms with van der Waals surface area (Å²) in [7, 11) is 0. The van der Waals surface area contributed by atoms with Crippen molar-refractivity contribution in [2.75, 3.05) is 0 Å². The molecule has 1 aliphatic rings. The second-order valence-electron chi connectivity index (χ2n) is 13.7. The second kappa shape index (κ2) is 11.2. The Morgan fingerprint density at radius 3 is 1.90 bits per heavy atom. The lowest BCUT2D eigenvalue weighted by molar-refractivity contribution is 0.968. The molecule has 0 aliphatic heterocycles. The summed E-state index contributed by atoms with van der Waals surface area (Å²) in [5, 5.41) is 15.6. The summed E-state index contributed by atoms with van der Waals surface area (Å²) in [6.45, 7) is 4.40. The number of nitrogens with zero attached hydrogens (tertiary/aromatic N) is 4. The summed E-state index contributed by atoms with van der Waals surface area (Å²) in [5.41, 5.74) is 15.7. The number of aromatic nitrogens is 3. The molecule has 9 aromatic rings. The van der Waals surface area contributed by atoms with E-state index in [1.807, 2.05) is 0 Å². The number of aryl methyl sites for hydroxylation is 2. The number of fused-ring (bicyclic) bond motifs is 7. The first-order valence-corrected chi connectivity index (χ1v) is 17.7. The summed E-state index contributed by atoms with van der Waals surface area (Å²) < 4.78 is 7.00. The lowest BCUT2D eigenvalue weighted by Gasteiger charge is -2.15. The molecule has 0 atom stereocenters. The molecule has 10 rings (SSSR count). The van der Waals surface area contributed by atoms with Crippen molar-refractivity contribution in [1.82, 2.24) is 13.7 Å². The quantitative estimate of drug-likeness (QED) is 0.186. The molecule has 0 amide bonds. The Balaban J connectivity index is 1.22. The molecule has 0 saturated carbocycles. The molecule has 4 nitrogen and oxygen atoms in total. The molecular weight excluding hydrogens is 621 g/mol. The molecule has 1 aliphatic carbocycles. The molecule has 51 heavy (non-hydrogen) atoms. The van der Waals surface area contributed by atoms with Crippen molar-refractivity contribution in [2.24, 2.45) is 0 Å². The van der Waals surface area contributed by atoms with Crippen LogP contribution in [0.25, 0.3) is 77.9 Å². The number of rotatable bonds is 4. The molecule has 3 aromatic heterocycles. The van der Waals surface area contributed by atoms with E-state index in [2.05, 4.69) is 179 Å². The van der Waals surface area contributed by atoms with E-state index in [1.165, 1.54) is 55.0 Å². The fourth-order valence-corrected chi connectivity index (χ4v) is 8.67. The van der Waals surface area contributed by atoms with Gasteiger partial charge in [0.25, 0.3) is 0 Å². The van der Waals surface area contributed by atoms with Crippen LogP contribution in [0.3, 0.4) is 0 Å². The van der Waals surface area contributed by atoms with Gasteiger partial charge in [0.2, 0.25) is 0 Å². The number of hydrogen-bond donors (Lipinski definition) is 0. The zero-order valence-electron chi connectivity index (χ0n) is 28.6. The minimum atomic E-state index is 0.631. The second-order valence-corrected chi connectivity index (χ2v) is 13.7. The summed E-state index contributed by atoms with van der Waals surface area (Å²) in [6.07, 6.45) is 6.71. The average Bonchev–Trinajstić information content (AvgIpc) is 3.79.